The number of pyridine rings is 1. The Bertz CT molecular complexity index is 786. The van der Waals surface area contributed by atoms with Gasteiger partial charge in [-0.25, -0.2) is 13.4 Å². The molecule has 110 valence electrons. The number of nitrogens with zero attached hydrogens (tertiary/aromatic N) is 1. The van der Waals surface area contributed by atoms with Crippen LogP contribution in [0, 0.1) is 6.92 Å². The Labute approximate surface area is 131 Å². The van der Waals surface area contributed by atoms with E-state index in [0.717, 1.165) is 4.47 Å². The monoisotopic (exact) mass is 368 g/mol. The Morgan fingerprint density at radius 1 is 1.14 bits per heavy atom. The highest BCUT2D eigenvalue weighted by atomic mass is 79.9. The largest absolute Gasteiger partial charge is 0.295 e. The maximum Gasteiger partial charge on any atom is 0.263 e. The van der Waals surface area contributed by atoms with Gasteiger partial charge in [-0.1, -0.05) is 12.1 Å². The number of Topliss-reactive ketones (excluding diaryl/α,β-unsaturated/α-hetero) is 1. The van der Waals surface area contributed by atoms with Crippen LogP contribution in [0.1, 0.15) is 23.0 Å². The zero-order valence-corrected chi connectivity index (χ0v) is 13.8. The van der Waals surface area contributed by atoms with E-state index in [1.807, 2.05) is 0 Å². The summed E-state index contributed by atoms with van der Waals surface area (Å²) in [5, 5.41) is 0. The summed E-state index contributed by atoms with van der Waals surface area (Å²) in [5.74, 6) is 0.128. The molecule has 0 saturated heterocycles. The van der Waals surface area contributed by atoms with Crippen molar-refractivity contribution in [2.24, 2.45) is 0 Å². The molecule has 7 heteroatoms. The van der Waals surface area contributed by atoms with Crippen molar-refractivity contribution in [3.63, 3.8) is 0 Å². The standard InChI is InChI=1S/C14H13BrN2O3S/c1-9-13(15)7-8-14(16-9)17-21(19,20)12-5-3-11(4-6-12)10(2)18/h3-8H,1-2H3,(H,16,17). The van der Waals surface area contributed by atoms with E-state index in [9.17, 15) is 13.2 Å². The van der Waals surface area contributed by atoms with Crippen molar-refractivity contribution < 1.29 is 13.2 Å². The lowest BCUT2D eigenvalue weighted by Crippen LogP contribution is -2.14. The predicted octanol–water partition coefficient (Wildman–Crippen LogP) is 3.16. The van der Waals surface area contributed by atoms with Gasteiger partial charge < -0.3 is 0 Å². The molecule has 0 aliphatic heterocycles. The van der Waals surface area contributed by atoms with E-state index in [0.29, 0.717) is 11.3 Å². The summed E-state index contributed by atoms with van der Waals surface area (Å²) in [6.45, 7) is 3.19. The number of anilines is 1. The van der Waals surface area contributed by atoms with Crippen molar-refractivity contribution in [1.29, 1.82) is 0 Å². The summed E-state index contributed by atoms with van der Waals surface area (Å²) in [7, 11) is -3.72. The van der Waals surface area contributed by atoms with Gasteiger partial charge in [0.15, 0.2) is 5.78 Å². The number of hydrogen-bond acceptors (Lipinski definition) is 4. The molecule has 0 bridgehead atoms. The molecule has 0 aliphatic carbocycles. The van der Waals surface area contributed by atoms with Crippen molar-refractivity contribution in [3.8, 4) is 0 Å². The fraction of sp³-hybridized carbons (Fsp3) is 0.143. The van der Waals surface area contributed by atoms with Crippen LogP contribution in [0.3, 0.4) is 0 Å². The zero-order valence-electron chi connectivity index (χ0n) is 11.4. The number of aromatic nitrogens is 1. The molecular formula is C14H13BrN2O3S. The number of halogens is 1. The third kappa shape index (κ3) is 3.68. The van der Waals surface area contributed by atoms with Crippen molar-refractivity contribution in [3.05, 3.63) is 52.1 Å². The predicted molar refractivity (Wildman–Crippen MR) is 83.9 cm³/mol. The van der Waals surface area contributed by atoms with Gasteiger partial charge in [-0.2, -0.15) is 0 Å². The summed E-state index contributed by atoms with van der Waals surface area (Å²) in [6.07, 6.45) is 0. The zero-order chi connectivity index (χ0) is 15.6. The molecule has 1 aromatic carbocycles. The number of carbonyl (C=O) groups excluding carboxylic acids is 1. The highest BCUT2D eigenvalue weighted by molar-refractivity contribution is 9.10. The number of nitrogens with one attached hydrogen (secondary N) is 1. The van der Waals surface area contributed by atoms with Crippen molar-refractivity contribution in [2.75, 3.05) is 4.72 Å². The van der Waals surface area contributed by atoms with Crippen LogP contribution in [-0.4, -0.2) is 19.2 Å². The Kier molecular flexibility index (Phi) is 4.43. The second-order valence-electron chi connectivity index (χ2n) is 4.45. The number of rotatable bonds is 4. The first-order valence-electron chi connectivity index (χ1n) is 6.06. The first-order chi connectivity index (χ1) is 9.79. The van der Waals surface area contributed by atoms with Crippen LogP contribution < -0.4 is 4.72 Å². The Morgan fingerprint density at radius 2 is 1.76 bits per heavy atom. The maximum atomic E-state index is 12.2. The lowest BCUT2D eigenvalue weighted by atomic mass is 10.2. The third-order valence-corrected chi connectivity index (χ3v) is 5.04. The van der Waals surface area contributed by atoms with Gasteiger partial charge in [-0.3, -0.25) is 9.52 Å². The first kappa shape index (κ1) is 15.7. The molecule has 0 atom stereocenters. The maximum absolute atomic E-state index is 12.2. The van der Waals surface area contributed by atoms with Gasteiger partial charge in [0.05, 0.1) is 10.6 Å². The number of carbonyl (C=O) groups is 1. The average Bonchev–Trinajstić information content (AvgIpc) is 2.43. The molecule has 0 aliphatic rings. The molecule has 0 saturated carbocycles. The molecule has 2 rings (SSSR count). The fourth-order valence-electron chi connectivity index (χ4n) is 1.67. The van der Waals surface area contributed by atoms with Crippen LogP contribution in [0.4, 0.5) is 5.82 Å². The molecule has 5 nitrogen and oxygen atoms in total. The number of aryl methyl sites for hydroxylation is 1. The van der Waals surface area contributed by atoms with Crippen molar-refractivity contribution in [1.82, 2.24) is 4.98 Å². The molecule has 1 aromatic heterocycles. The smallest absolute Gasteiger partial charge is 0.263 e. The quantitative estimate of drug-likeness (QED) is 0.840. The molecule has 0 fully saturated rings. The molecule has 1 heterocycles. The fourth-order valence-corrected chi connectivity index (χ4v) is 2.89. The normalized spacial score (nSPS) is 11.2. The van der Waals surface area contributed by atoms with Crippen LogP contribution >= 0.6 is 15.9 Å². The number of sulfonamides is 1. The molecule has 0 spiro atoms. The van der Waals surface area contributed by atoms with Crippen LogP contribution in [0.2, 0.25) is 0 Å². The number of ketones is 1. The number of benzene rings is 1. The van der Waals surface area contributed by atoms with E-state index in [-0.39, 0.29) is 16.5 Å². The lowest BCUT2D eigenvalue weighted by Gasteiger charge is -2.09. The van der Waals surface area contributed by atoms with E-state index >= 15 is 0 Å². The third-order valence-electron chi connectivity index (χ3n) is 2.83. The van der Waals surface area contributed by atoms with Crippen LogP contribution in [0.25, 0.3) is 0 Å². The molecule has 1 N–H and O–H groups in total. The van der Waals surface area contributed by atoms with E-state index in [2.05, 4.69) is 25.6 Å². The van der Waals surface area contributed by atoms with E-state index < -0.39 is 10.0 Å². The summed E-state index contributed by atoms with van der Waals surface area (Å²) in [4.78, 5) is 15.4. The average molecular weight is 369 g/mol. The minimum Gasteiger partial charge on any atom is -0.295 e. The van der Waals surface area contributed by atoms with Crippen molar-refractivity contribution >= 4 is 37.6 Å². The van der Waals surface area contributed by atoms with E-state index in [4.69, 9.17) is 0 Å². The Hall–Kier alpha value is -1.73. The summed E-state index contributed by atoms with van der Waals surface area (Å²) in [6, 6.07) is 9.04. The molecule has 0 radical (unpaired) electrons. The second kappa shape index (κ2) is 5.95. The van der Waals surface area contributed by atoms with Gasteiger partial charge in [-0.05, 0) is 54.0 Å². The van der Waals surface area contributed by atoms with Gasteiger partial charge in [0.25, 0.3) is 10.0 Å². The first-order valence-corrected chi connectivity index (χ1v) is 8.34. The highest BCUT2D eigenvalue weighted by Gasteiger charge is 2.15. The lowest BCUT2D eigenvalue weighted by molar-refractivity contribution is 0.101. The Balaban J connectivity index is 2.29. The minimum absolute atomic E-state index is 0.0786. The molecule has 21 heavy (non-hydrogen) atoms. The highest BCUT2D eigenvalue weighted by Crippen LogP contribution is 2.19. The Morgan fingerprint density at radius 3 is 2.29 bits per heavy atom. The SMILES string of the molecule is CC(=O)c1ccc(S(=O)(=O)Nc2ccc(Br)c(C)n2)cc1. The summed E-state index contributed by atoms with van der Waals surface area (Å²) >= 11 is 3.30. The molecule has 0 unspecified atom stereocenters. The number of hydrogen-bond donors (Lipinski definition) is 1. The molecule has 2 aromatic rings. The summed E-state index contributed by atoms with van der Waals surface area (Å²) in [5.41, 5.74) is 1.15. The van der Waals surface area contributed by atoms with E-state index in [1.165, 1.54) is 31.2 Å². The van der Waals surface area contributed by atoms with Gasteiger partial charge >= 0.3 is 0 Å². The van der Waals surface area contributed by atoms with Crippen LogP contribution in [0.5, 0.6) is 0 Å². The van der Waals surface area contributed by atoms with E-state index in [1.54, 1.807) is 19.1 Å². The second-order valence-corrected chi connectivity index (χ2v) is 6.99. The van der Waals surface area contributed by atoms with Gasteiger partial charge in [0.1, 0.15) is 5.82 Å². The molecule has 0 amide bonds. The van der Waals surface area contributed by atoms with Gasteiger partial charge in [0, 0.05) is 10.0 Å². The van der Waals surface area contributed by atoms with Gasteiger partial charge in [-0.15, -0.1) is 0 Å². The minimum atomic E-state index is -3.72. The van der Waals surface area contributed by atoms with Crippen LogP contribution in [0.15, 0.2) is 45.8 Å². The van der Waals surface area contributed by atoms with Crippen LogP contribution in [-0.2, 0) is 10.0 Å². The topological polar surface area (TPSA) is 76.1 Å². The van der Waals surface area contributed by atoms with Crippen molar-refractivity contribution in [2.45, 2.75) is 18.7 Å². The molecular weight excluding hydrogens is 356 g/mol. The van der Waals surface area contributed by atoms with Gasteiger partial charge in [0.2, 0.25) is 0 Å². The summed E-state index contributed by atoms with van der Waals surface area (Å²) < 4.78 is 27.7.